The number of rotatable bonds is 4. The molecule has 0 radical (unpaired) electrons. The first kappa shape index (κ1) is 13.4. The lowest BCUT2D eigenvalue weighted by Crippen LogP contribution is -2.12. The third-order valence-corrected chi connectivity index (χ3v) is 4.66. The highest BCUT2D eigenvalue weighted by molar-refractivity contribution is 5.68. The minimum Gasteiger partial charge on any atom is -0.313 e. The lowest BCUT2D eigenvalue weighted by Gasteiger charge is -2.28. The Morgan fingerprint density at radius 2 is 1.70 bits per heavy atom. The zero-order valence-electron chi connectivity index (χ0n) is 12.4. The van der Waals surface area contributed by atoms with Crippen molar-refractivity contribution in [3.8, 4) is 11.1 Å². The predicted octanol–water partition coefficient (Wildman–Crippen LogP) is 4.90. The second kappa shape index (κ2) is 5.80. The van der Waals surface area contributed by atoms with Gasteiger partial charge in [-0.3, -0.25) is 0 Å². The third kappa shape index (κ3) is 2.51. The number of benzene rings is 2. The van der Waals surface area contributed by atoms with Gasteiger partial charge in [0.1, 0.15) is 0 Å². The quantitative estimate of drug-likeness (QED) is 0.829. The Hall–Kier alpha value is -1.60. The summed E-state index contributed by atoms with van der Waals surface area (Å²) in [6.45, 7) is 2.19. The van der Waals surface area contributed by atoms with Gasteiger partial charge in [0.25, 0.3) is 0 Å². The van der Waals surface area contributed by atoms with Crippen LogP contribution in [0.3, 0.4) is 0 Å². The van der Waals surface area contributed by atoms with Gasteiger partial charge in [0.05, 0.1) is 0 Å². The van der Waals surface area contributed by atoms with Crippen LogP contribution in [0.15, 0.2) is 48.5 Å². The van der Waals surface area contributed by atoms with Crippen molar-refractivity contribution in [1.82, 2.24) is 5.32 Å². The van der Waals surface area contributed by atoms with E-state index in [0.717, 1.165) is 5.92 Å². The molecule has 0 spiro atoms. The van der Waals surface area contributed by atoms with E-state index in [2.05, 4.69) is 60.8 Å². The Kier molecular flexibility index (Phi) is 3.88. The van der Waals surface area contributed by atoms with Gasteiger partial charge in [0, 0.05) is 6.04 Å². The Morgan fingerprint density at radius 1 is 1.00 bits per heavy atom. The van der Waals surface area contributed by atoms with Crippen LogP contribution in [0.4, 0.5) is 0 Å². The number of hydrogen-bond acceptors (Lipinski definition) is 1. The zero-order chi connectivity index (χ0) is 13.9. The van der Waals surface area contributed by atoms with Gasteiger partial charge < -0.3 is 5.32 Å². The average Bonchev–Trinajstić information content (AvgIpc) is 2.45. The third-order valence-electron chi connectivity index (χ3n) is 4.66. The van der Waals surface area contributed by atoms with Crippen molar-refractivity contribution < 1.29 is 0 Å². The molecule has 1 fully saturated rings. The van der Waals surface area contributed by atoms with Crippen molar-refractivity contribution in [2.24, 2.45) is 0 Å². The summed E-state index contributed by atoms with van der Waals surface area (Å²) in [5, 5.41) is 3.29. The van der Waals surface area contributed by atoms with Crippen molar-refractivity contribution in [3.63, 3.8) is 0 Å². The SMILES string of the molecule is CNC(C)c1ccc(-c2ccccc2C2CCC2)cc1. The van der Waals surface area contributed by atoms with Crippen LogP contribution in [0, 0.1) is 0 Å². The molecule has 0 heterocycles. The molecule has 104 valence electrons. The highest BCUT2D eigenvalue weighted by Crippen LogP contribution is 2.41. The van der Waals surface area contributed by atoms with Crippen LogP contribution in [-0.4, -0.2) is 7.05 Å². The summed E-state index contributed by atoms with van der Waals surface area (Å²) in [6.07, 6.45) is 4.09. The summed E-state index contributed by atoms with van der Waals surface area (Å²) in [4.78, 5) is 0. The fraction of sp³-hybridized carbons (Fsp3) is 0.368. The van der Waals surface area contributed by atoms with Gasteiger partial charge in [-0.05, 0) is 55.0 Å². The molecule has 1 unspecified atom stereocenters. The summed E-state index contributed by atoms with van der Waals surface area (Å²) in [5.41, 5.74) is 5.64. The first-order chi connectivity index (χ1) is 9.79. The standard InChI is InChI=1S/C19H23N/c1-14(20-2)15-10-12-17(13-11-15)19-9-4-3-8-18(19)16-6-5-7-16/h3-4,8-14,16,20H,5-7H2,1-2H3. The molecule has 1 atom stereocenters. The molecule has 1 heteroatoms. The molecule has 0 aliphatic heterocycles. The lowest BCUT2D eigenvalue weighted by atomic mass is 9.77. The Labute approximate surface area is 122 Å². The second-order valence-corrected chi connectivity index (χ2v) is 5.85. The van der Waals surface area contributed by atoms with E-state index in [1.54, 1.807) is 0 Å². The largest absolute Gasteiger partial charge is 0.313 e. The van der Waals surface area contributed by atoms with Crippen LogP contribution in [0.2, 0.25) is 0 Å². The van der Waals surface area contributed by atoms with Crippen molar-refractivity contribution in [2.45, 2.75) is 38.1 Å². The molecule has 0 saturated heterocycles. The van der Waals surface area contributed by atoms with Crippen molar-refractivity contribution >= 4 is 0 Å². The molecule has 0 bridgehead atoms. The van der Waals surface area contributed by atoms with E-state index >= 15 is 0 Å². The molecule has 1 aliphatic rings. The Balaban J connectivity index is 1.92. The van der Waals surface area contributed by atoms with Gasteiger partial charge in [-0.15, -0.1) is 0 Å². The van der Waals surface area contributed by atoms with E-state index in [-0.39, 0.29) is 0 Å². The smallest absolute Gasteiger partial charge is 0.0289 e. The summed E-state index contributed by atoms with van der Waals surface area (Å²) < 4.78 is 0. The summed E-state index contributed by atoms with van der Waals surface area (Å²) in [7, 11) is 2.00. The van der Waals surface area contributed by atoms with E-state index < -0.39 is 0 Å². The molecule has 0 aromatic heterocycles. The van der Waals surface area contributed by atoms with Crippen LogP contribution >= 0.6 is 0 Å². The average molecular weight is 265 g/mol. The Morgan fingerprint density at radius 3 is 2.30 bits per heavy atom. The minimum absolute atomic E-state index is 0.408. The number of hydrogen-bond donors (Lipinski definition) is 1. The van der Waals surface area contributed by atoms with Crippen LogP contribution in [0.25, 0.3) is 11.1 Å². The van der Waals surface area contributed by atoms with E-state index in [9.17, 15) is 0 Å². The van der Waals surface area contributed by atoms with Crippen LogP contribution in [-0.2, 0) is 0 Å². The second-order valence-electron chi connectivity index (χ2n) is 5.85. The van der Waals surface area contributed by atoms with Gasteiger partial charge >= 0.3 is 0 Å². The normalized spacial score (nSPS) is 16.7. The first-order valence-corrected chi connectivity index (χ1v) is 7.66. The van der Waals surface area contributed by atoms with Gasteiger partial charge in [-0.2, -0.15) is 0 Å². The summed E-state index contributed by atoms with van der Waals surface area (Å²) in [5.74, 6) is 0.780. The molecule has 3 rings (SSSR count). The zero-order valence-corrected chi connectivity index (χ0v) is 12.4. The highest BCUT2D eigenvalue weighted by atomic mass is 14.8. The highest BCUT2D eigenvalue weighted by Gasteiger charge is 2.22. The minimum atomic E-state index is 0.408. The molecular formula is C19H23N. The summed E-state index contributed by atoms with van der Waals surface area (Å²) >= 11 is 0. The Bertz CT molecular complexity index is 567. The molecular weight excluding hydrogens is 242 g/mol. The topological polar surface area (TPSA) is 12.0 Å². The molecule has 1 aliphatic carbocycles. The fourth-order valence-electron chi connectivity index (χ4n) is 2.95. The van der Waals surface area contributed by atoms with Gasteiger partial charge in [0.15, 0.2) is 0 Å². The van der Waals surface area contributed by atoms with Gasteiger partial charge in [-0.1, -0.05) is 55.0 Å². The summed E-state index contributed by atoms with van der Waals surface area (Å²) in [6, 6.07) is 18.3. The fourth-order valence-corrected chi connectivity index (χ4v) is 2.95. The van der Waals surface area contributed by atoms with Gasteiger partial charge in [-0.25, -0.2) is 0 Å². The first-order valence-electron chi connectivity index (χ1n) is 7.66. The van der Waals surface area contributed by atoms with Crippen LogP contribution in [0.5, 0.6) is 0 Å². The molecule has 20 heavy (non-hydrogen) atoms. The van der Waals surface area contributed by atoms with E-state index in [0.29, 0.717) is 6.04 Å². The van der Waals surface area contributed by atoms with Crippen LogP contribution in [0.1, 0.15) is 49.3 Å². The van der Waals surface area contributed by atoms with E-state index in [4.69, 9.17) is 0 Å². The van der Waals surface area contributed by atoms with Gasteiger partial charge in [0.2, 0.25) is 0 Å². The molecule has 1 saturated carbocycles. The van der Waals surface area contributed by atoms with E-state index in [1.165, 1.54) is 41.5 Å². The van der Waals surface area contributed by atoms with Crippen LogP contribution < -0.4 is 5.32 Å². The van der Waals surface area contributed by atoms with Crippen molar-refractivity contribution in [3.05, 3.63) is 59.7 Å². The maximum atomic E-state index is 3.29. The maximum absolute atomic E-state index is 3.29. The molecule has 0 amide bonds. The molecule has 2 aromatic rings. The lowest BCUT2D eigenvalue weighted by molar-refractivity contribution is 0.420. The monoisotopic (exact) mass is 265 g/mol. The maximum Gasteiger partial charge on any atom is 0.0289 e. The number of nitrogens with one attached hydrogen (secondary N) is 1. The van der Waals surface area contributed by atoms with E-state index in [1.807, 2.05) is 7.05 Å². The van der Waals surface area contributed by atoms with Crippen molar-refractivity contribution in [2.75, 3.05) is 7.05 Å². The van der Waals surface area contributed by atoms with Crippen molar-refractivity contribution in [1.29, 1.82) is 0 Å². The predicted molar refractivity (Wildman–Crippen MR) is 85.9 cm³/mol. The molecule has 1 nitrogen and oxygen atoms in total. The molecule has 1 N–H and O–H groups in total. The molecule has 2 aromatic carbocycles.